The molecule has 0 spiro atoms. The lowest BCUT2D eigenvalue weighted by molar-refractivity contribution is 0.288. The maximum Gasteiger partial charge on any atom is 0.171 e. The first-order chi connectivity index (χ1) is 13.1. The largest absolute Gasteiger partial charge is 0.486 e. The van der Waals surface area contributed by atoms with E-state index in [1.807, 2.05) is 30.3 Å². The maximum atomic E-state index is 14.9. The first kappa shape index (κ1) is 17.5. The summed E-state index contributed by atoms with van der Waals surface area (Å²) in [5, 5.41) is 1.20. The highest BCUT2D eigenvalue weighted by Gasteiger charge is 2.17. The summed E-state index contributed by atoms with van der Waals surface area (Å²) in [5.74, 6) is -1.30. The van der Waals surface area contributed by atoms with E-state index >= 15 is 0 Å². The molecule has 0 aliphatic rings. The fourth-order valence-corrected chi connectivity index (χ4v) is 3.11. The predicted molar refractivity (Wildman–Crippen MR) is 101 cm³/mol. The third kappa shape index (κ3) is 3.64. The summed E-state index contributed by atoms with van der Waals surface area (Å²) in [7, 11) is 0. The van der Waals surface area contributed by atoms with E-state index in [2.05, 4.69) is 9.97 Å². The van der Waals surface area contributed by atoms with E-state index in [-0.39, 0.29) is 24.3 Å². The molecule has 0 aliphatic heterocycles. The molecule has 0 radical (unpaired) electrons. The number of halogens is 3. The van der Waals surface area contributed by atoms with E-state index in [9.17, 15) is 8.78 Å². The molecule has 0 bridgehead atoms. The second kappa shape index (κ2) is 7.37. The lowest BCUT2D eigenvalue weighted by Gasteiger charge is -2.11. The summed E-state index contributed by atoms with van der Waals surface area (Å²) in [6.07, 6.45) is 3.26. The zero-order valence-electron chi connectivity index (χ0n) is 14.2. The molecule has 4 rings (SSSR count). The van der Waals surface area contributed by atoms with Gasteiger partial charge >= 0.3 is 0 Å². The molecule has 3 nitrogen and oxygen atoms in total. The van der Waals surface area contributed by atoms with Crippen LogP contribution in [0.2, 0.25) is 5.02 Å². The highest BCUT2D eigenvalue weighted by molar-refractivity contribution is 6.31. The zero-order valence-corrected chi connectivity index (χ0v) is 14.9. The van der Waals surface area contributed by atoms with Crippen molar-refractivity contribution in [2.75, 3.05) is 0 Å². The van der Waals surface area contributed by atoms with Crippen molar-refractivity contribution in [3.05, 3.63) is 94.3 Å². The van der Waals surface area contributed by atoms with Crippen molar-refractivity contribution < 1.29 is 13.5 Å². The summed E-state index contributed by atoms with van der Waals surface area (Å²) >= 11 is 5.99. The number of fused-ring (bicyclic) bond motifs is 1. The summed E-state index contributed by atoms with van der Waals surface area (Å²) < 4.78 is 34.8. The summed E-state index contributed by atoms with van der Waals surface area (Å²) in [6.45, 7) is 0.204. The van der Waals surface area contributed by atoms with E-state index in [4.69, 9.17) is 16.3 Å². The monoisotopic (exact) mass is 384 g/mol. The number of rotatable bonds is 5. The van der Waals surface area contributed by atoms with Gasteiger partial charge in [0, 0.05) is 29.8 Å². The van der Waals surface area contributed by atoms with E-state index in [1.54, 1.807) is 12.3 Å². The fourth-order valence-electron chi connectivity index (χ4n) is 2.95. The molecule has 0 saturated heterocycles. The van der Waals surface area contributed by atoms with Gasteiger partial charge in [0.05, 0.1) is 5.02 Å². The van der Waals surface area contributed by atoms with Crippen molar-refractivity contribution in [2.45, 2.75) is 13.0 Å². The van der Waals surface area contributed by atoms with Crippen LogP contribution in [0.1, 0.15) is 16.7 Å². The summed E-state index contributed by atoms with van der Waals surface area (Å²) in [5.41, 5.74) is 2.17. The van der Waals surface area contributed by atoms with Crippen LogP contribution in [0.15, 0.2) is 60.9 Å². The molecule has 6 heteroatoms. The Morgan fingerprint density at radius 1 is 1.07 bits per heavy atom. The minimum Gasteiger partial charge on any atom is -0.486 e. The van der Waals surface area contributed by atoms with Crippen LogP contribution in [0.5, 0.6) is 5.75 Å². The average molecular weight is 385 g/mol. The molecule has 2 aromatic carbocycles. The van der Waals surface area contributed by atoms with Crippen LogP contribution in [-0.2, 0) is 13.0 Å². The van der Waals surface area contributed by atoms with Gasteiger partial charge in [0.15, 0.2) is 11.6 Å². The maximum absolute atomic E-state index is 14.9. The molecule has 27 heavy (non-hydrogen) atoms. The number of H-pyrrole nitrogens is 1. The summed E-state index contributed by atoms with van der Waals surface area (Å²) in [4.78, 5) is 7.16. The number of ether oxygens (including phenoxy) is 1. The van der Waals surface area contributed by atoms with Gasteiger partial charge in [-0.1, -0.05) is 41.9 Å². The number of nitrogens with zero attached hydrogens (tertiary/aromatic N) is 1. The molecular weight excluding hydrogens is 370 g/mol. The van der Waals surface area contributed by atoms with E-state index in [0.29, 0.717) is 16.2 Å². The Balaban J connectivity index is 1.63. The second-order valence-electron chi connectivity index (χ2n) is 6.15. The van der Waals surface area contributed by atoms with Gasteiger partial charge in [-0.25, -0.2) is 13.8 Å². The van der Waals surface area contributed by atoms with Crippen LogP contribution in [0.3, 0.4) is 0 Å². The molecule has 2 heterocycles. The van der Waals surface area contributed by atoms with Gasteiger partial charge in [-0.15, -0.1) is 0 Å². The lowest BCUT2D eigenvalue weighted by Crippen LogP contribution is -2.03. The van der Waals surface area contributed by atoms with Crippen molar-refractivity contribution in [1.29, 1.82) is 0 Å². The van der Waals surface area contributed by atoms with Gasteiger partial charge in [0.2, 0.25) is 0 Å². The Bertz CT molecular complexity index is 1100. The quantitative estimate of drug-likeness (QED) is 0.481. The van der Waals surface area contributed by atoms with Crippen LogP contribution in [0.4, 0.5) is 8.78 Å². The highest BCUT2D eigenvalue weighted by atomic mass is 35.5. The number of hydrogen-bond acceptors (Lipinski definition) is 2. The first-order valence-electron chi connectivity index (χ1n) is 8.37. The number of aromatic nitrogens is 2. The Labute approximate surface area is 159 Å². The van der Waals surface area contributed by atoms with Crippen molar-refractivity contribution in [1.82, 2.24) is 9.97 Å². The average Bonchev–Trinajstić information content (AvgIpc) is 3.07. The van der Waals surface area contributed by atoms with E-state index in [0.717, 1.165) is 10.9 Å². The number of nitrogens with one attached hydrogen (secondary N) is 1. The van der Waals surface area contributed by atoms with Crippen LogP contribution in [0.25, 0.3) is 11.0 Å². The minimum atomic E-state index is -0.699. The molecule has 0 saturated carbocycles. The Kier molecular flexibility index (Phi) is 4.77. The van der Waals surface area contributed by atoms with E-state index in [1.165, 1.54) is 18.3 Å². The number of aromatic amines is 1. The van der Waals surface area contributed by atoms with Gasteiger partial charge in [0.25, 0.3) is 0 Å². The summed E-state index contributed by atoms with van der Waals surface area (Å²) in [6, 6.07) is 13.7. The molecule has 1 N–H and O–H groups in total. The standard InChI is InChI=1S/C21H15ClF2N2O/c22-15-9-16-14(10-25-21(16)26-11-15)8-17-18(23)6-7-19(20(17)24)27-12-13-4-2-1-3-5-13/h1-7,9-11H,8,12H2,(H,25,26). The Hall–Kier alpha value is -2.92. The highest BCUT2D eigenvalue weighted by Crippen LogP contribution is 2.29. The predicted octanol–water partition coefficient (Wildman–Crippen LogP) is 5.66. The van der Waals surface area contributed by atoms with Crippen LogP contribution in [-0.4, -0.2) is 9.97 Å². The molecule has 0 unspecified atom stereocenters. The molecule has 0 atom stereocenters. The van der Waals surface area contributed by atoms with Crippen molar-refractivity contribution >= 4 is 22.6 Å². The van der Waals surface area contributed by atoms with Crippen molar-refractivity contribution in [3.63, 3.8) is 0 Å². The third-order valence-corrected chi connectivity index (χ3v) is 4.55. The number of hydrogen-bond donors (Lipinski definition) is 1. The van der Waals surface area contributed by atoms with Crippen molar-refractivity contribution in [3.8, 4) is 5.75 Å². The Morgan fingerprint density at radius 3 is 2.70 bits per heavy atom. The van der Waals surface area contributed by atoms with Gasteiger partial charge in [-0.2, -0.15) is 0 Å². The first-order valence-corrected chi connectivity index (χ1v) is 8.74. The number of benzene rings is 2. The molecular formula is C21H15ClF2N2O. The lowest BCUT2D eigenvalue weighted by atomic mass is 10.0. The molecule has 0 amide bonds. The molecule has 2 aromatic heterocycles. The van der Waals surface area contributed by atoms with Crippen LogP contribution < -0.4 is 4.74 Å². The van der Waals surface area contributed by atoms with E-state index < -0.39 is 11.6 Å². The van der Waals surface area contributed by atoms with Gasteiger partial charge < -0.3 is 9.72 Å². The molecule has 0 aliphatic carbocycles. The Morgan fingerprint density at radius 2 is 1.89 bits per heavy atom. The fraction of sp³-hybridized carbons (Fsp3) is 0.0952. The molecule has 136 valence electrons. The minimum absolute atomic E-state index is 0.0197. The molecule has 4 aromatic rings. The number of pyridine rings is 1. The smallest absolute Gasteiger partial charge is 0.171 e. The van der Waals surface area contributed by atoms with Crippen LogP contribution >= 0.6 is 11.6 Å². The second-order valence-corrected chi connectivity index (χ2v) is 6.59. The topological polar surface area (TPSA) is 37.9 Å². The van der Waals surface area contributed by atoms with Gasteiger partial charge in [-0.05, 0) is 29.3 Å². The third-order valence-electron chi connectivity index (χ3n) is 4.34. The molecule has 0 fully saturated rings. The van der Waals surface area contributed by atoms with Gasteiger partial charge in [0.1, 0.15) is 18.1 Å². The van der Waals surface area contributed by atoms with Crippen molar-refractivity contribution in [2.24, 2.45) is 0 Å². The van der Waals surface area contributed by atoms with Gasteiger partial charge in [-0.3, -0.25) is 0 Å². The normalized spacial score (nSPS) is 11.1. The zero-order chi connectivity index (χ0) is 18.8. The van der Waals surface area contributed by atoms with Crippen LogP contribution in [0, 0.1) is 11.6 Å². The SMILES string of the molecule is Fc1ccc(OCc2ccccc2)c(F)c1Cc1c[nH]c2ncc(Cl)cc12.